The fraction of sp³-hybridized carbons (Fsp3) is 0.350. The van der Waals surface area contributed by atoms with Crippen LogP contribution in [0, 0.1) is 18.3 Å². The summed E-state index contributed by atoms with van der Waals surface area (Å²) in [4.78, 5) is 22.4. The van der Waals surface area contributed by atoms with E-state index < -0.39 is 0 Å². The minimum absolute atomic E-state index is 0.147. The van der Waals surface area contributed by atoms with Crippen molar-refractivity contribution < 1.29 is 5.11 Å². The van der Waals surface area contributed by atoms with Crippen molar-refractivity contribution >= 4 is 39.0 Å². The summed E-state index contributed by atoms with van der Waals surface area (Å²) in [5, 5.41) is 21.1. The van der Waals surface area contributed by atoms with Crippen molar-refractivity contribution in [2.24, 2.45) is 7.05 Å². The average molecular weight is 430 g/mol. The number of aromatic hydroxyl groups is 1. The Morgan fingerprint density at radius 1 is 1.31 bits per heavy atom. The number of thiazole rings is 1. The van der Waals surface area contributed by atoms with Gasteiger partial charge in [0.1, 0.15) is 27.7 Å². The number of benzene rings is 1. The highest BCUT2D eigenvalue weighted by molar-refractivity contribution is 7.18. The minimum atomic E-state index is -0.285. The van der Waals surface area contributed by atoms with Crippen molar-refractivity contribution in [2.45, 2.75) is 13.5 Å². The number of piperazine rings is 1. The number of aromatic nitrogens is 2. The van der Waals surface area contributed by atoms with Gasteiger partial charge in [-0.1, -0.05) is 17.7 Å². The van der Waals surface area contributed by atoms with Crippen molar-refractivity contribution in [3.63, 3.8) is 0 Å². The van der Waals surface area contributed by atoms with Gasteiger partial charge in [-0.05, 0) is 19.1 Å². The van der Waals surface area contributed by atoms with E-state index in [-0.39, 0.29) is 16.9 Å². The molecule has 0 bridgehead atoms. The number of nitriles is 1. The zero-order valence-electron chi connectivity index (χ0n) is 16.1. The second-order valence-electron chi connectivity index (χ2n) is 7.12. The normalized spacial score (nSPS) is 15.0. The van der Waals surface area contributed by atoms with Crippen LogP contribution in [0.4, 0.5) is 5.69 Å². The minimum Gasteiger partial charge on any atom is -0.508 e. The van der Waals surface area contributed by atoms with Gasteiger partial charge in [0.05, 0.1) is 10.7 Å². The van der Waals surface area contributed by atoms with Gasteiger partial charge in [-0.25, -0.2) is 4.98 Å². The Morgan fingerprint density at radius 3 is 2.69 bits per heavy atom. The van der Waals surface area contributed by atoms with Gasteiger partial charge in [-0.3, -0.25) is 9.69 Å². The molecule has 3 aromatic rings. The predicted molar refractivity (Wildman–Crippen MR) is 115 cm³/mol. The molecule has 0 aliphatic carbocycles. The maximum absolute atomic E-state index is 12.7. The fourth-order valence-corrected chi connectivity index (χ4v) is 4.77. The largest absolute Gasteiger partial charge is 0.508 e. The van der Waals surface area contributed by atoms with Crippen LogP contribution in [0.25, 0.3) is 10.3 Å². The van der Waals surface area contributed by atoms with Crippen molar-refractivity contribution in [3.8, 4) is 11.8 Å². The Bertz CT molecular complexity index is 1190. The number of halogens is 1. The number of hydrogen-bond acceptors (Lipinski definition) is 7. The lowest BCUT2D eigenvalue weighted by Gasteiger charge is -2.36. The Morgan fingerprint density at radius 2 is 2.03 bits per heavy atom. The highest BCUT2D eigenvalue weighted by Gasteiger charge is 2.26. The molecule has 1 aliphatic heterocycles. The number of rotatable bonds is 3. The van der Waals surface area contributed by atoms with Gasteiger partial charge in [0.25, 0.3) is 5.56 Å². The fourth-order valence-electron chi connectivity index (χ4n) is 3.73. The van der Waals surface area contributed by atoms with Gasteiger partial charge in [0.15, 0.2) is 0 Å². The molecule has 9 heteroatoms. The molecule has 2 aromatic heterocycles. The standard InChI is InChI=1S/C20H20ClN5O2S/c1-12-23-17-18(15(10-22)19(28)24(2)20(17)29-12)26-7-5-25(6-8-26)11-13-3-4-14(21)9-16(13)27/h3-4,9,27H,5-8,11H2,1-2H3. The summed E-state index contributed by atoms with van der Waals surface area (Å²) in [6.45, 7) is 5.34. The lowest BCUT2D eigenvalue weighted by atomic mass is 10.1. The first-order valence-corrected chi connectivity index (χ1v) is 10.4. The molecule has 4 rings (SSSR count). The second kappa shape index (κ2) is 7.67. The van der Waals surface area contributed by atoms with Crippen LogP contribution in [0.2, 0.25) is 5.02 Å². The highest BCUT2D eigenvalue weighted by Crippen LogP contribution is 2.32. The lowest BCUT2D eigenvalue weighted by Crippen LogP contribution is -2.46. The molecule has 1 aliphatic rings. The summed E-state index contributed by atoms with van der Waals surface area (Å²) in [5.74, 6) is 0.193. The van der Waals surface area contributed by atoms with E-state index in [4.69, 9.17) is 11.6 Å². The number of nitrogens with zero attached hydrogens (tertiary/aromatic N) is 5. The third-order valence-electron chi connectivity index (χ3n) is 5.24. The SMILES string of the molecule is Cc1nc2c(N3CCN(Cc4ccc(Cl)cc4O)CC3)c(C#N)c(=O)n(C)c2s1. The Balaban J connectivity index is 1.60. The molecule has 1 aromatic carbocycles. The van der Waals surface area contributed by atoms with Crippen LogP contribution in [-0.4, -0.2) is 45.7 Å². The molecular formula is C20H20ClN5O2S. The molecule has 7 nitrogen and oxygen atoms in total. The number of fused-ring (bicyclic) bond motifs is 1. The smallest absolute Gasteiger partial charge is 0.271 e. The molecule has 0 atom stereocenters. The molecule has 150 valence electrons. The number of pyridine rings is 1. The summed E-state index contributed by atoms with van der Waals surface area (Å²) in [6, 6.07) is 7.25. The van der Waals surface area contributed by atoms with E-state index >= 15 is 0 Å². The molecule has 0 saturated carbocycles. The van der Waals surface area contributed by atoms with Crippen LogP contribution < -0.4 is 10.5 Å². The third-order valence-corrected chi connectivity index (χ3v) is 6.52. The van der Waals surface area contributed by atoms with Crippen molar-refractivity contribution in [3.05, 3.63) is 49.7 Å². The van der Waals surface area contributed by atoms with Crippen molar-refractivity contribution in [1.29, 1.82) is 5.26 Å². The van der Waals surface area contributed by atoms with Crippen molar-refractivity contribution in [2.75, 3.05) is 31.1 Å². The van der Waals surface area contributed by atoms with Crippen LogP contribution >= 0.6 is 22.9 Å². The first kappa shape index (κ1) is 19.7. The van der Waals surface area contributed by atoms with Crippen LogP contribution in [0.15, 0.2) is 23.0 Å². The monoisotopic (exact) mass is 429 g/mol. The molecule has 0 amide bonds. The van der Waals surface area contributed by atoms with Gasteiger partial charge in [0, 0.05) is 50.4 Å². The number of phenols is 1. The summed E-state index contributed by atoms with van der Waals surface area (Å²) < 4.78 is 1.52. The van der Waals surface area contributed by atoms with Crippen LogP contribution in [0.5, 0.6) is 5.75 Å². The lowest BCUT2D eigenvalue weighted by molar-refractivity contribution is 0.247. The average Bonchev–Trinajstić information content (AvgIpc) is 3.09. The zero-order valence-corrected chi connectivity index (χ0v) is 17.7. The Labute approximate surface area is 177 Å². The van der Waals surface area contributed by atoms with E-state index in [0.29, 0.717) is 30.3 Å². The maximum atomic E-state index is 12.7. The summed E-state index contributed by atoms with van der Waals surface area (Å²) in [7, 11) is 1.68. The van der Waals surface area contributed by atoms with E-state index in [1.165, 1.54) is 15.9 Å². The van der Waals surface area contributed by atoms with Crippen molar-refractivity contribution in [1.82, 2.24) is 14.5 Å². The van der Waals surface area contributed by atoms with Gasteiger partial charge < -0.3 is 14.6 Å². The molecule has 1 fully saturated rings. The highest BCUT2D eigenvalue weighted by atomic mass is 35.5. The predicted octanol–water partition coefficient (Wildman–Crippen LogP) is 2.86. The molecule has 0 unspecified atom stereocenters. The van der Waals surface area contributed by atoms with E-state index in [1.807, 2.05) is 13.0 Å². The van der Waals surface area contributed by atoms with Gasteiger partial charge in [0.2, 0.25) is 0 Å². The molecule has 1 saturated heterocycles. The number of hydrogen-bond donors (Lipinski definition) is 1. The van der Waals surface area contributed by atoms with E-state index in [9.17, 15) is 15.2 Å². The summed E-state index contributed by atoms with van der Waals surface area (Å²) in [5.41, 5.74) is 2.05. The van der Waals surface area contributed by atoms with Crippen LogP contribution in [0.3, 0.4) is 0 Å². The van der Waals surface area contributed by atoms with Gasteiger partial charge >= 0.3 is 0 Å². The molecule has 1 N–H and O–H groups in total. The maximum Gasteiger partial charge on any atom is 0.271 e. The molecular weight excluding hydrogens is 410 g/mol. The van der Waals surface area contributed by atoms with Gasteiger partial charge in [-0.15, -0.1) is 11.3 Å². The quantitative estimate of drug-likeness (QED) is 0.689. The molecule has 0 radical (unpaired) electrons. The van der Waals surface area contributed by atoms with E-state index in [2.05, 4.69) is 20.9 Å². The van der Waals surface area contributed by atoms with Gasteiger partial charge in [-0.2, -0.15) is 5.26 Å². The summed E-state index contributed by atoms with van der Waals surface area (Å²) >= 11 is 7.37. The number of anilines is 1. The first-order valence-electron chi connectivity index (χ1n) is 9.24. The summed E-state index contributed by atoms with van der Waals surface area (Å²) in [6.07, 6.45) is 0. The van der Waals surface area contributed by atoms with E-state index in [0.717, 1.165) is 34.0 Å². The second-order valence-corrected chi connectivity index (χ2v) is 8.74. The molecule has 29 heavy (non-hydrogen) atoms. The Hall–Kier alpha value is -2.60. The Kier molecular flexibility index (Phi) is 5.21. The molecule has 3 heterocycles. The van der Waals surface area contributed by atoms with Crippen LogP contribution in [0.1, 0.15) is 16.1 Å². The van der Waals surface area contributed by atoms with Crippen LogP contribution in [-0.2, 0) is 13.6 Å². The third kappa shape index (κ3) is 3.57. The number of phenolic OH excluding ortho intramolecular Hbond substituents is 1. The zero-order chi connectivity index (χ0) is 20.7. The molecule has 0 spiro atoms. The first-order chi connectivity index (χ1) is 13.9. The van der Waals surface area contributed by atoms with E-state index in [1.54, 1.807) is 19.2 Å². The topological polar surface area (TPSA) is 85.4 Å². The number of aryl methyl sites for hydroxylation is 2.